The maximum atomic E-state index is 12.8. The van der Waals surface area contributed by atoms with Crippen LogP contribution in [0.3, 0.4) is 0 Å². The van der Waals surface area contributed by atoms with Crippen LogP contribution in [0.2, 0.25) is 0 Å². The second-order valence-electron chi connectivity index (χ2n) is 9.58. The number of nitrogens with two attached hydrogens (primary N) is 1. The average molecular weight is 503 g/mol. The monoisotopic (exact) mass is 502 g/mol. The highest BCUT2D eigenvalue weighted by Crippen LogP contribution is 2.24. The summed E-state index contributed by atoms with van der Waals surface area (Å²) in [5.74, 6) is -0.631. The number of benzene rings is 1. The van der Waals surface area contributed by atoms with Crippen LogP contribution in [0.4, 0.5) is 4.79 Å². The second kappa shape index (κ2) is 13.8. The summed E-state index contributed by atoms with van der Waals surface area (Å²) in [6, 6.07) is 9.60. The normalized spacial score (nSPS) is 19.3. The fraction of sp³-hybridized carbons (Fsp3) is 0.615. The van der Waals surface area contributed by atoms with Crippen molar-refractivity contribution in [2.24, 2.45) is 17.6 Å². The molecule has 36 heavy (non-hydrogen) atoms. The van der Waals surface area contributed by atoms with Gasteiger partial charge in [-0.2, -0.15) is 0 Å². The molecule has 1 aromatic rings. The molecule has 0 aliphatic carbocycles. The molecule has 0 spiro atoms. The molecule has 0 saturated carbocycles. The lowest BCUT2D eigenvalue weighted by Gasteiger charge is -2.34. The minimum atomic E-state index is -0.808. The number of hydrogen-bond donors (Lipinski definition) is 2. The van der Waals surface area contributed by atoms with Crippen molar-refractivity contribution in [2.75, 3.05) is 33.3 Å². The maximum absolute atomic E-state index is 12.8. The van der Waals surface area contributed by atoms with Gasteiger partial charge in [-0.05, 0) is 43.6 Å². The molecule has 3 rings (SSSR count). The molecule has 3 N–H and O–H groups in total. The van der Waals surface area contributed by atoms with Gasteiger partial charge in [-0.3, -0.25) is 14.4 Å². The van der Waals surface area contributed by atoms with Crippen molar-refractivity contribution >= 4 is 23.9 Å². The highest BCUT2D eigenvalue weighted by atomic mass is 16.6. The number of nitrogens with one attached hydrogen (secondary N) is 1. The molecule has 2 heterocycles. The van der Waals surface area contributed by atoms with E-state index >= 15 is 0 Å². The molecule has 1 aromatic carbocycles. The molecule has 0 aromatic heterocycles. The Bertz CT molecular complexity index is 888. The van der Waals surface area contributed by atoms with Crippen molar-refractivity contribution in [3.63, 3.8) is 0 Å². The number of rotatable bonds is 9. The van der Waals surface area contributed by atoms with Gasteiger partial charge < -0.3 is 30.3 Å². The lowest BCUT2D eigenvalue weighted by atomic mass is 9.91. The number of amides is 3. The predicted octanol–water partition coefficient (Wildman–Crippen LogP) is 2.02. The first-order valence-corrected chi connectivity index (χ1v) is 12.7. The number of piperidine rings is 2. The summed E-state index contributed by atoms with van der Waals surface area (Å²) in [4.78, 5) is 52.5. The molecule has 2 aliphatic rings. The highest BCUT2D eigenvalue weighted by Gasteiger charge is 2.30. The van der Waals surface area contributed by atoms with Crippen LogP contribution in [0.1, 0.15) is 50.5 Å². The van der Waals surface area contributed by atoms with Crippen molar-refractivity contribution in [1.29, 1.82) is 0 Å². The van der Waals surface area contributed by atoms with Gasteiger partial charge in [0.15, 0.2) is 0 Å². The number of nitrogens with zero attached hydrogens (tertiary/aromatic N) is 2. The molecule has 2 saturated heterocycles. The lowest BCUT2D eigenvalue weighted by molar-refractivity contribution is -0.141. The number of methoxy groups -OCH3 is 1. The first kappa shape index (κ1) is 27.4. The van der Waals surface area contributed by atoms with E-state index in [0.29, 0.717) is 44.9 Å². The molecule has 0 bridgehead atoms. The zero-order valence-corrected chi connectivity index (χ0v) is 21.0. The largest absolute Gasteiger partial charge is 0.469 e. The van der Waals surface area contributed by atoms with E-state index in [2.05, 4.69) is 10.1 Å². The Balaban J connectivity index is 1.34. The topological polar surface area (TPSA) is 131 Å². The maximum Gasteiger partial charge on any atom is 0.410 e. The summed E-state index contributed by atoms with van der Waals surface area (Å²) in [7, 11) is 1.27. The van der Waals surface area contributed by atoms with E-state index in [1.807, 2.05) is 30.3 Å². The predicted molar refractivity (Wildman–Crippen MR) is 132 cm³/mol. The third-order valence-corrected chi connectivity index (χ3v) is 6.93. The van der Waals surface area contributed by atoms with Crippen molar-refractivity contribution in [3.05, 3.63) is 35.9 Å². The quantitative estimate of drug-likeness (QED) is 0.390. The smallest absolute Gasteiger partial charge is 0.410 e. The molecular weight excluding hydrogens is 464 g/mol. The van der Waals surface area contributed by atoms with Gasteiger partial charge in [0.1, 0.15) is 6.61 Å². The van der Waals surface area contributed by atoms with Crippen LogP contribution in [0.15, 0.2) is 30.3 Å². The molecule has 10 nitrogen and oxygen atoms in total. The number of hydrogen-bond acceptors (Lipinski definition) is 7. The van der Waals surface area contributed by atoms with Crippen molar-refractivity contribution in [1.82, 2.24) is 15.1 Å². The van der Waals surface area contributed by atoms with Crippen molar-refractivity contribution in [2.45, 2.75) is 57.7 Å². The van der Waals surface area contributed by atoms with Gasteiger partial charge in [-0.1, -0.05) is 30.3 Å². The van der Waals surface area contributed by atoms with Gasteiger partial charge >= 0.3 is 12.1 Å². The molecule has 2 aliphatic heterocycles. The SMILES string of the molecule is COC(=O)C[C@H](N)NC(=O)[C@@H]1CCCN(C(=O)CCC2CCN(C(=O)OCc3ccccc3)CC2)C1. The van der Waals surface area contributed by atoms with E-state index in [-0.39, 0.29) is 36.9 Å². The summed E-state index contributed by atoms with van der Waals surface area (Å²) in [5, 5.41) is 2.65. The third kappa shape index (κ3) is 8.51. The third-order valence-electron chi connectivity index (χ3n) is 6.93. The molecule has 2 fully saturated rings. The second-order valence-corrected chi connectivity index (χ2v) is 9.58. The molecule has 2 atom stereocenters. The number of esters is 1. The Hall–Kier alpha value is -3.14. The van der Waals surface area contributed by atoms with Crippen LogP contribution in [-0.4, -0.2) is 73.1 Å². The van der Waals surface area contributed by atoms with E-state index in [0.717, 1.165) is 31.2 Å². The molecule has 3 amide bonds. The van der Waals surface area contributed by atoms with Crippen LogP contribution in [0.5, 0.6) is 0 Å². The zero-order valence-electron chi connectivity index (χ0n) is 21.0. The van der Waals surface area contributed by atoms with Gasteiger partial charge in [-0.15, -0.1) is 0 Å². The Labute approximate surface area is 212 Å². The fourth-order valence-corrected chi connectivity index (χ4v) is 4.73. The lowest BCUT2D eigenvalue weighted by Crippen LogP contribution is -2.50. The van der Waals surface area contributed by atoms with Gasteiger partial charge in [-0.25, -0.2) is 4.79 Å². The van der Waals surface area contributed by atoms with Crippen LogP contribution in [0.25, 0.3) is 0 Å². The van der Waals surface area contributed by atoms with E-state index < -0.39 is 12.1 Å². The molecule has 198 valence electrons. The Morgan fingerprint density at radius 2 is 1.78 bits per heavy atom. The Kier molecular flexibility index (Phi) is 10.5. The Morgan fingerprint density at radius 1 is 1.06 bits per heavy atom. The van der Waals surface area contributed by atoms with Crippen molar-refractivity contribution < 1.29 is 28.7 Å². The number of carbonyl (C=O) groups is 4. The van der Waals surface area contributed by atoms with Crippen molar-refractivity contribution in [3.8, 4) is 0 Å². The van der Waals surface area contributed by atoms with E-state index in [1.54, 1.807) is 9.80 Å². The standard InChI is InChI=1S/C26H38N4O6/c1-35-24(32)16-22(27)28-25(33)21-8-5-13-30(17-21)23(31)10-9-19-11-14-29(15-12-19)26(34)36-18-20-6-3-2-4-7-20/h2-4,6-7,19,21-22H,5,8-18,27H2,1H3,(H,28,33)/t21-,22-/m1/s1. The summed E-state index contributed by atoms with van der Waals surface area (Å²) in [5.41, 5.74) is 6.77. The van der Waals surface area contributed by atoms with E-state index in [4.69, 9.17) is 10.5 Å². The fourth-order valence-electron chi connectivity index (χ4n) is 4.73. The molecule has 0 radical (unpaired) electrons. The van der Waals surface area contributed by atoms with Crippen LogP contribution < -0.4 is 11.1 Å². The van der Waals surface area contributed by atoms with Gasteiger partial charge in [0, 0.05) is 32.6 Å². The number of ether oxygens (including phenoxy) is 2. The van der Waals surface area contributed by atoms with E-state index in [9.17, 15) is 19.2 Å². The summed E-state index contributed by atoms with van der Waals surface area (Å²) >= 11 is 0. The highest BCUT2D eigenvalue weighted by molar-refractivity contribution is 5.82. The van der Waals surface area contributed by atoms with Crippen LogP contribution >= 0.6 is 0 Å². The minimum absolute atomic E-state index is 0.0519. The molecular formula is C26H38N4O6. The summed E-state index contributed by atoms with van der Waals surface area (Å²) < 4.78 is 9.99. The van der Waals surface area contributed by atoms with Crippen LogP contribution in [-0.2, 0) is 30.5 Å². The average Bonchev–Trinajstić information content (AvgIpc) is 2.91. The summed E-state index contributed by atoms with van der Waals surface area (Å²) in [6.45, 7) is 2.53. The molecule has 0 unspecified atom stereocenters. The van der Waals surface area contributed by atoms with Gasteiger partial charge in [0.05, 0.1) is 25.6 Å². The van der Waals surface area contributed by atoms with Crippen LogP contribution in [0, 0.1) is 11.8 Å². The van der Waals surface area contributed by atoms with Gasteiger partial charge in [0.25, 0.3) is 0 Å². The molecule has 10 heteroatoms. The summed E-state index contributed by atoms with van der Waals surface area (Å²) in [6.07, 6.45) is 3.12. The van der Waals surface area contributed by atoms with E-state index in [1.165, 1.54) is 7.11 Å². The number of carbonyl (C=O) groups excluding carboxylic acids is 4. The zero-order chi connectivity index (χ0) is 25.9. The first-order chi connectivity index (χ1) is 17.4. The Morgan fingerprint density at radius 3 is 2.47 bits per heavy atom. The number of likely N-dealkylation sites (tertiary alicyclic amines) is 2. The van der Waals surface area contributed by atoms with Gasteiger partial charge in [0.2, 0.25) is 11.8 Å². The minimum Gasteiger partial charge on any atom is -0.469 e. The first-order valence-electron chi connectivity index (χ1n) is 12.7.